The van der Waals surface area contributed by atoms with Crippen LogP contribution in [0.25, 0.3) is 0 Å². The fraction of sp³-hybridized carbons (Fsp3) is 0.368. The van der Waals surface area contributed by atoms with Crippen LogP contribution in [0, 0.1) is 5.82 Å². The lowest BCUT2D eigenvalue weighted by Gasteiger charge is -2.33. The first-order chi connectivity index (χ1) is 12.0. The third kappa shape index (κ3) is 4.07. The molecule has 1 N–H and O–H groups in total. The Labute approximate surface area is 147 Å². The van der Waals surface area contributed by atoms with Crippen LogP contribution in [-0.4, -0.2) is 49.0 Å². The van der Waals surface area contributed by atoms with Crippen molar-refractivity contribution < 1.29 is 9.18 Å². The van der Waals surface area contributed by atoms with Crippen LogP contribution in [-0.2, 0) is 0 Å². The molecule has 1 aliphatic heterocycles. The molecule has 1 aliphatic rings. The molecular formula is C19H23FN4O. The van der Waals surface area contributed by atoms with Crippen molar-refractivity contribution in [2.24, 2.45) is 0 Å². The van der Waals surface area contributed by atoms with Gasteiger partial charge in [-0.2, -0.15) is 0 Å². The minimum absolute atomic E-state index is 0.0492. The smallest absolute Gasteiger partial charge is 0.254 e. The van der Waals surface area contributed by atoms with E-state index in [1.54, 1.807) is 32.4 Å². The molecule has 1 aromatic carbocycles. The first kappa shape index (κ1) is 17.2. The molecule has 3 rings (SSSR count). The number of halogens is 1. The molecular weight excluding hydrogens is 319 g/mol. The molecule has 5 nitrogen and oxygen atoms in total. The number of hydrogen-bond donors (Lipinski definition) is 1. The Hall–Kier alpha value is -2.63. The lowest BCUT2D eigenvalue weighted by molar-refractivity contribution is 0.0827. The molecule has 0 spiro atoms. The van der Waals surface area contributed by atoms with Crippen molar-refractivity contribution in [2.45, 2.75) is 18.9 Å². The van der Waals surface area contributed by atoms with Crippen molar-refractivity contribution in [1.82, 2.24) is 9.88 Å². The molecule has 1 fully saturated rings. The fourth-order valence-corrected chi connectivity index (χ4v) is 3.01. The van der Waals surface area contributed by atoms with Crippen LogP contribution in [0.3, 0.4) is 0 Å². The van der Waals surface area contributed by atoms with Crippen LogP contribution < -0.4 is 10.2 Å². The zero-order chi connectivity index (χ0) is 17.8. The molecule has 0 unspecified atom stereocenters. The van der Waals surface area contributed by atoms with Gasteiger partial charge < -0.3 is 15.1 Å². The van der Waals surface area contributed by atoms with Crippen molar-refractivity contribution in [3.63, 3.8) is 0 Å². The highest BCUT2D eigenvalue weighted by molar-refractivity contribution is 5.93. The van der Waals surface area contributed by atoms with E-state index in [4.69, 9.17) is 0 Å². The van der Waals surface area contributed by atoms with Gasteiger partial charge >= 0.3 is 0 Å². The molecule has 0 saturated carbocycles. The minimum atomic E-state index is -0.215. The van der Waals surface area contributed by atoms with Crippen molar-refractivity contribution >= 4 is 17.4 Å². The van der Waals surface area contributed by atoms with Gasteiger partial charge in [0.1, 0.15) is 11.6 Å². The van der Waals surface area contributed by atoms with Gasteiger partial charge in [0.25, 0.3) is 5.91 Å². The van der Waals surface area contributed by atoms with E-state index >= 15 is 0 Å². The molecule has 2 aromatic rings. The highest BCUT2D eigenvalue weighted by atomic mass is 19.1. The molecule has 25 heavy (non-hydrogen) atoms. The number of nitrogens with zero attached hydrogens (tertiary/aromatic N) is 3. The third-order valence-corrected chi connectivity index (χ3v) is 4.45. The maximum absolute atomic E-state index is 13.7. The number of aromatic nitrogens is 1. The van der Waals surface area contributed by atoms with Gasteiger partial charge in [0, 0.05) is 39.4 Å². The monoisotopic (exact) mass is 342 g/mol. The zero-order valence-corrected chi connectivity index (χ0v) is 14.6. The van der Waals surface area contributed by atoms with Gasteiger partial charge in [-0.15, -0.1) is 0 Å². The number of hydrogen-bond acceptors (Lipinski definition) is 4. The van der Waals surface area contributed by atoms with Gasteiger partial charge in [-0.25, -0.2) is 9.37 Å². The minimum Gasteiger partial charge on any atom is -0.380 e. The summed E-state index contributed by atoms with van der Waals surface area (Å²) in [5.41, 5.74) is 1.15. The Morgan fingerprint density at radius 2 is 1.92 bits per heavy atom. The molecule has 0 bridgehead atoms. The maximum Gasteiger partial charge on any atom is 0.254 e. The molecule has 0 atom stereocenters. The summed E-state index contributed by atoms with van der Waals surface area (Å²) >= 11 is 0. The van der Waals surface area contributed by atoms with Crippen molar-refractivity contribution in [2.75, 3.05) is 37.4 Å². The summed E-state index contributed by atoms with van der Waals surface area (Å²) in [4.78, 5) is 20.1. The molecule has 2 heterocycles. The number of para-hydroxylation sites is 1. The molecule has 0 aliphatic carbocycles. The van der Waals surface area contributed by atoms with Crippen LogP contribution in [0.4, 0.5) is 15.9 Å². The van der Waals surface area contributed by atoms with Gasteiger partial charge in [-0.3, -0.25) is 4.79 Å². The summed E-state index contributed by atoms with van der Waals surface area (Å²) in [5, 5.41) is 3.29. The second-order valence-corrected chi connectivity index (χ2v) is 6.49. The van der Waals surface area contributed by atoms with E-state index in [-0.39, 0.29) is 17.8 Å². The Balaban J connectivity index is 1.57. The van der Waals surface area contributed by atoms with E-state index in [0.29, 0.717) is 11.3 Å². The van der Waals surface area contributed by atoms with Crippen LogP contribution in [0.1, 0.15) is 23.2 Å². The molecule has 0 radical (unpaired) electrons. The highest BCUT2D eigenvalue weighted by Gasteiger charge is 2.21. The number of amides is 1. The van der Waals surface area contributed by atoms with Gasteiger partial charge in [0.15, 0.2) is 0 Å². The van der Waals surface area contributed by atoms with E-state index < -0.39 is 0 Å². The first-order valence-electron chi connectivity index (χ1n) is 8.48. The average Bonchev–Trinajstić information content (AvgIpc) is 2.64. The summed E-state index contributed by atoms with van der Waals surface area (Å²) in [6.45, 7) is 1.69. The molecule has 1 aromatic heterocycles. The predicted molar refractivity (Wildman–Crippen MR) is 97.5 cm³/mol. The van der Waals surface area contributed by atoms with Crippen LogP contribution in [0.2, 0.25) is 0 Å². The Morgan fingerprint density at radius 1 is 1.20 bits per heavy atom. The van der Waals surface area contributed by atoms with Gasteiger partial charge in [-0.1, -0.05) is 12.1 Å². The van der Waals surface area contributed by atoms with E-state index in [9.17, 15) is 9.18 Å². The van der Waals surface area contributed by atoms with Gasteiger partial charge in [0.05, 0.1) is 11.3 Å². The summed E-state index contributed by atoms with van der Waals surface area (Å²) < 4.78 is 13.7. The Kier molecular flexibility index (Phi) is 5.16. The van der Waals surface area contributed by atoms with E-state index in [1.807, 2.05) is 18.2 Å². The average molecular weight is 342 g/mol. The first-order valence-corrected chi connectivity index (χ1v) is 8.48. The number of rotatable bonds is 4. The largest absolute Gasteiger partial charge is 0.380 e. The number of piperidine rings is 1. The van der Waals surface area contributed by atoms with Crippen LogP contribution >= 0.6 is 0 Å². The number of carbonyl (C=O) groups excluding carboxylic acids is 1. The standard InChI is InChI=1S/C19H23FN4O/c1-23(2)19(25)14-7-8-18(21-13-14)24-11-9-15(10-12-24)22-17-6-4-3-5-16(17)20/h3-8,13,15,22H,9-12H2,1-2H3. The molecule has 1 saturated heterocycles. The third-order valence-electron chi connectivity index (χ3n) is 4.45. The molecule has 1 amide bonds. The SMILES string of the molecule is CN(C)C(=O)c1ccc(N2CCC(Nc3ccccc3F)CC2)nc1. The Bertz CT molecular complexity index is 724. The number of carbonyl (C=O) groups is 1. The van der Waals surface area contributed by atoms with E-state index in [0.717, 1.165) is 31.7 Å². The lowest BCUT2D eigenvalue weighted by atomic mass is 10.0. The summed E-state index contributed by atoms with van der Waals surface area (Å²) in [6.07, 6.45) is 3.45. The number of anilines is 2. The number of pyridine rings is 1. The second-order valence-electron chi connectivity index (χ2n) is 6.49. The van der Waals surface area contributed by atoms with Crippen molar-refractivity contribution in [3.8, 4) is 0 Å². The van der Waals surface area contributed by atoms with Crippen LogP contribution in [0.15, 0.2) is 42.6 Å². The second kappa shape index (κ2) is 7.51. The van der Waals surface area contributed by atoms with Crippen molar-refractivity contribution in [3.05, 3.63) is 54.0 Å². The highest BCUT2D eigenvalue weighted by Crippen LogP contribution is 2.22. The zero-order valence-electron chi connectivity index (χ0n) is 14.6. The van der Waals surface area contributed by atoms with E-state index in [1.165, 1.54) is 11.0 Å². The summed E-state index contributed by atoms with van der Waals surface area (Å²) in [6, 6.07) is 10.7. The lowest BCUT2D eigenvalue weighted by Crippen LogP contribution is -2.39. The normalized spacial score (nSPS) is 15.1. The van der Waals surface area contributed by atoms with Crippen LogP contribution in [0.5, 0.6) is 0 Å². The maximum atomic E-state index is 13.7. The summed E-state index contributed by atoms with van der Waals surface area (Å²) in [5.74, 6) is 0.610. The molecule has 132 valence electrons. The fourth-order valence-electron chi connectivity index (χ4n) is 3.01. The Morgan fingerprint density at radius 3 is 2.52 bits per heavy atom. The predicted octanol–water partition coefficient (Wildman–Crippen LogP) is 3.00. The molecule has 6 heteroatoms. The van der Waals surface area contributed by atoms with Gasteiger partial charge in [0.2, 0.25) is 0 Å². The summed E-state index contributed by atoms with van der Waals surface area (Å²) in [7, 11) is 3.45. The van der Waals surface area contributed by atoms with Crippen molar-refractivity contribution in [1.29, 1.82) is 0 Å². The quantitative estimate of drug-likeness (QED) is 0.928. The topological polar surface area (TPSA) is 48.5 Å². The van der Waals surface area contributed by atoms with E-state index in [2.05, 4.69) is 15.2 Å². The number of benzene rings is 1. The van der Waals surface area contributed by atoms with Gasteiger partial charge in [-0.05, 0) is 37.1 Å². The number of nitrogens with one attached hydrogen (secondary N) is 1.